The summed E-state index contributed by atoms with van der Waals surface area (Å²) in [5, 5.41) is 13.6. The number of para-hydroxylation sites is 1. The molecule has 3 aromatic rings. The van der Waals surface area contributed by atoms with Gasteiger partial charge in [-0.25, -0.2) is 9.98 Å². The van der Waals surface area contributed by atoms with Crippen molar-refractivity contribution >= 4 is 45.6 Å². The number of carbonyl (C=O) groups excluding carboxylic acids is 1. The molecule has 3 aliphatic rings. The number of benzene rings is 2. The van der Waals surface area contributed by atoms with Gasteiger partial charge in [0.1, 0.15) is 5.00 Å². The zero-order valence-electron chi connectivity index (χ0n) is 22.7. The Hall–Kier alpha value is -4.09. The van der Waals surface area contributed by atoms with Crippen molar-refractivity contribution in [1.82, 2.24) is 4.98 Å². The lowest BCUT2D eigenvalue weighted by atomic mass is 9.90. The average molecular weight is 572 g/mol. The van der Waals surface area contributed by atoms with E-state index in [9.17, 15) is 4.79 Å². The quantitative estimate of drug-likeness (QED) is 0.305. The molecule has 11 heteroatoms. The highest BCUT2D eigenvalue weighted by Crippen LogP contribution is 2.39. The number of amides is 1. The van der Waals surface area contributed by atoms with Gasteiger partial charge in [-0.3, -0.25) is 10.2 Å². The molecule has 41 heavy (non-hydrogen) atoms. The molecule has 0 bridgehead atoms. The predicted molar refractivity (Wildman–Crippen MR) is 161 cm³/mol. The van der Waals surface area contributed by atoms with Crippen LogP contribution in [0, 0.1) is 5.41 Å². The summed E-state index contributed by atoms with van der Waals surface area (Å²) in [6.07, 6.45) is 4.66. The number of rotatable bonds is 5. The minimum absolute atomic E-state index is 0.198. The van der Waals surface area contributed by atoms with Gasteiger partial charge in [-0.15, -0.1) is 11.3 Å². The third kappa shape index (κ3) is 6.01. The smallest absolute Gasteiger partial charge is 0.291 e. The zero-order chi connectivity index (χ0) is 28.2. The first-order valence-corrected chi connectivity index (χ1v) is 14.9. The minimum Gasteiger partial charge on any atom is -0.405 e. The number of aromatic nitrogens is 1. The second-order valence-electron chi connectivity index (χ2n) is 10.3. The number of nitrogens with two attached hydrogens (primary N) is 1. The van der Waals surface area contributed by atoms with Crippen LogP contribution in [0.5, 0.6) is 0 Å². The van der Waals surface area contributed by atoms with Crippen LogP contribution in [-0.2, 0) is 14.3 Å². The fourth-order valence-corrected chi connectivity index (χ4v) is 6.72. The number of morpholine rings is 1. The molecule has 1 saturated carbocycles. The van der Waals surface area contributed by atoms with Crippen LogP contribution in [0.4, 0.5) is 10.7 Å². The van der Waals surface area contributed by atoms with Gasteiger partial charge in [-0.05, 0) is 18.9 Å². The predicted octanol–water partition coefficient (Wildman–Crippen LogP) is 4.50. The standard InChI is InChI=1S/C30H33N7O3S/c31-25(24-29(37-15-17-39-18-16-37)41-28(35-24)20-11-5-2-6-12-20)40-30(32)36-26-27(38)33-22-14-8-7-13-21(22)23(34-26)19-9-3-1-4-10-19/h1,3-4,7-10,13-14,20,26,31H,2,5-6,11-12,15-18H2,(H2,32,36)(H,33,38). The van der Waals surface area contributed by atoms with E-state index >= 15 is 0 Å². The largest absolute Gasteiger partial charge is 0.405 e. The molecule has 4 N–H and O–H groups in total. The molecule has 3 heterocycles. The van der Waals surface area contributed by atoms with Gasteiger partial charge < -0.3 is 25.4 Å². The molecule has 1 saturated heterocycles. The fraction of sp³-hybridized carbons (Fsp3) is 0.367. The van der Waals surface area contributed by atoms with Crippen LogP contribution in [0.15, 0.2) is 64.6 Å². The molecule has 2 fully saturated rings. The summed E-state index contributed by atoms with van der Waals surface area (Å²) in [5.41, 5.74) is 9.53. The molecule has 0 radical (unpaired) electrons. The molecular weight excluding hydrogens is 538 g/mol. The maximum absolute atomic E-state index is 13.2. The summed E-state index contributed by atoms with van der Waals surface area (Å²) in [4.78, 5) is 29.3. The van der Waals surface area contributed by atoms with Crippen molar-refractivity contribution in [3.8, 4) is 0 Å². The number of amidine groups is 1. The molecule has 1 aromatic heterocycles. The highest BCUT2D eigenvalue weighted by Gasteiger charge is 2.29. The molecule has 2 aromatic carbocycles. The maximum Gasteiger partial charge on any atom is 0.291 e. The Bertz CT molecular complexity index is 1470. The summed E-state index contributed by atoms with van der Waals surface area (Å²) in [6.45, 7) is 2.68. The summed E-state index contributed by atoms with van der Waals surface area (Å²) >= 11 is 1.63. The Morgan fingerprint density at radius 3 is 2.59 bits per heavy atom. The van der Waals surface area contributed by atoms with E-state index in [0.29, 0.717) is 36.2 Å². The molecule has 6 rings (SSSR count). The van der Waals surface area contributed by atoms with Crippen molar-refractivity contribution in [2.24, 2.45) is 15.7 Å². The molecule has 212 valence electrons. The number of benzodiazepines with no additional fused rings is 1. The van der Waals surface area contributed by atoms with Crippen LogP contribution in [0.2, 0.25) is 0 Å². The molecule has 1 atom stereocenters. The highest BCUT2D eigenvalue weighted by molar-refractivity contribution is 7.16. The van der Waals surface area contributed by atoms with Gasteiger partial charge in [-0.1, -0.05) is 67.8 Å². The van der Waals surface area contributed by atoms with E-state index in [4.69, 9.17) is 30.6 Å². The van der Waals surface area contributed by atoms with Gasteiger partial charge in [0.2, 0.25) is 12.1 Å². The molecular formula is C30H33N7O3S. The van der Waals surface area contributed by atoms with E-state index in [1.807, 2.05) is 54.6 Å². The van der Waals surface area contributed by atoms with Crippen LogP contribution in [0.1, 0.15) is 59.9 Å². The van der Waals surface area contributed by atoms with Gasteiger partial charge in [0.25, 0.3) is 11.9 Å². The van der Waals surface area contributed by atoms with Crippen molar-refractivity contribution in [1.29, 1.82) is 5.41 Å². The van der Waals surface area contributed by atoms with Crippen molar-refractivity contribution in [3.05, 3.63) is 76.4 Å². The number of fused-ring (bicyclic) bond motifs is 1. The Kier molecular flexibility index (Phi) is 8.06. The lowest BCUT2D eigenvalue weighted by Gasteiger charge is -2.28. The van der Waals surface area contributed by atoms with E-state index in [2.05, 4.69) is 15.2 Å². The van der Waals surface area contributed by atoms with Crippen LogP contribution >= 0.6 is 11.3 Å². The van der Waals surface area contributed by atoms with Gasteiger partial charge in [0.15, 0.2) is 5.69 Å². The van der Waals surface area contributed by atoms with Gasteiger partial charge in [0.05, 0.1) is 29.6 Å². The number of ether oxygens (including phenoxy) is 2. The molecule has 1 unspecified atom stereocenters. The SMILES string of the molecule is N=C(O/C(N)=N/C1N=C(c2ccccc2)c2ccccc2NC1=O)c1nc(C2CCCCC2)sc1N1CCOCC1. The molecule has 0 spiro atoms. The third-order valence-corrected chi connectivity index (χ3v) is 8.80. The van der Waals surface area contributed by atoms with Crippen molar-refractivity contribution in [2.75, 3.05) is 36.5 Å². The third-order valence-electron chi connectivity index (χ3n) is 7.52. The van der Waals surface area contributed by atoms with Crippen LogP contribution < -0.4 is 16.0 Å². The Balaban J connectivity index is 1.28. The zero-order valence-corrected chi connectivity index (χ0v) is 23.5. The van der Waals surface area contributed by atoms with Crippen molar-refractivity contribution in [3.63, 3.8) is 0 Å². The number of thiazole rings is 1. The summed E-state index contributed by atoms with van der Waals surface area (Å²) < 4.78 is 11.3. The minimum atomic E-state index is -1.20. The van der Waals surface area contributed by atoms with Crippen LogP contribution in [-0.4, -0.2) is 61.0 Å². The number of hydrogen-bond donors (Lipinski definition) is 3. The average Bonchev–Trinajstić information content (AvgIpc) is 3.41. The topological polar surface area (TPSA) is 138 Å². The lowest BCUT2D eigenvalue weighted by molar-refractivity contribution is -0.117. The van der Waals surface area contributed by atoms with E-state index in [-0.39, 0.29) is 11.9 Å². The number of anilines is 2. The van der Waals surface area contributed by atoms with E-state index in [0.717, 1.165) is 47.1 Å². The van der Waals surface area contributed by atoms with E-state index < -0.39 is 12.1 Å². The first kappa shape index (κ1) is 27.1. The van der Waals surface area contributed by atoms with Gasteiger partial charge in [-0.2, -0.15) is 4.99 Å². The lowest BCUT2D eigenvalue weighted by Crippen LogP contribution is -2.37. The molecule has 10 nitrogen and oxygen atoms in total. The Labute approximate surface area is 242 Å². The summed E-state index contributed by atoms with van der Waals surface area (Å²) in [7, 11) is 0. The fourth-order valence-electron chi connectivity index (χ4n) is 5.44. The second kappa shape index (κ2) is 12.2. The van der Waals surface area contributed by atoms with Gasteiger partial charge in [0, 0.05) is 30.1 Å². The number of nitrogens with zero attached hydrogens (tertiary/aromatic N) is 4. The van der Waals surface area contributed by atoms with Gasteiger partial charge >= 0.3 is 0 Å². The maximum atomic E-state index is 13.2. The first-order valence-electron chi connectivity index (χ1n) is 14.0. The highest BCUT2D eigenvalue weighted by atomic mass is 32.1. The second-order valence-corrected chi connectivity index (χ2v) is 11.3. The number of nitrogens with one attached hydrogen (secondary N) is 2. The number of hydrogen-bond acceptors (Lipinski definition) is 9. The first-order chi connectivity index (χ1) is 20.1. The van der Waals surface area contributed by atoms with E-state index in [1.165, 1.54) is 19.3 Å². The van der Waals surface area contributed by atoms with Crippen LogP contribution in [0.25, 0.3) is 0 Å². The number of carbonyl (C=O) groups is 1. The normalized spacial score (nSPS) is 20.0. The summed E-state index contributed by atoms with van der Waals surface area (Å²) in [6, 6.07) is 16.8. The molecule has 1 aliphatic carbocycles. The monoisotopic (exact) mass is 571 g/mol. The molecule has 2 aliphatic heterocycles. The number of aliphatic imine (C=N–C) groups is 2. The van der Waals surface area contributed by atoms with Crippen molar-refractivity contribution in [2.45, 2.75) is 44.2 Å². The Morgan fingerprint density at radius 1 is 1.07 bits per heavy atom. The van der Waals surface area contributed by atoms with Crippen molar-refractivity contribution < 1.29 is 14.3 Å². The van der Waals surface area contributed by atoms with Crippen LogP contribution in [0.3, 0.4) is 0 Å². The molecule has 1 amide bonds. The summed E-state index contributed by atoms with van der Waals surface area (Å²) in [5.74, 6) is -0.248. The van der Waals surface area contributed by atoms with E-state index in [1.54, 1.807) is 11.3 Å². The Morgan fingerprint density at radius 2 is 1.80 bits per heavy atom.